The lowest BCUT2D eigenvalue weighted by Crippen LogP contribution is -2.27. The Labute approximate surface area is 143 Å². The van der Waals surface area contributed by atoms with E-state index in [1.165, 1.54) is 11.3 Å². The molecule has 1 heterocycles. The number of carbonyl (C=O) groups excluding carboxylic acids is 2. The van der Waals surface area contributed by atoms with E-state index in [1.54, 1.807) is 12.1 Å². The van der Waals surface area contributed by atoms with E-state index in [-0.39, 0.29) is 18.2 Å². The SMILES string of the molecule is O=C(CCNC(=O)c1cccs1)Nc1ccc(Br)cc1Br. The highest BCUT2D eigenvalue weighted by atomic mass is 79.9. The lowest BCUT2D eigenvalue weighted by atomic mass is 10.3. The van der Waals surface area contributed by atoms with Crippen molar-refractivity contribution >= 4 is 60.7 Å². The van der Waals surface area contributed by atoms with Crippen molar-refractivity contribution < 1.29 is 9.59 Å². The van der Waals surface area contributed by atoms with Crippen LogP contribution < -0.4 is 10.6 Å². The van der Waals surface area contributed by atoms with E-state index in [2.05, 4.69) is 42.5 Å². The van der Waals surface area contributed by atoms with Crippen molar-refractivity contribution in [2.75, 3.05) is 11.9 Å². The van der Waals surface area contributed by atoms with Crippen LogP contribution in [0, 0.1) is 0 Å². The largest absolute Gasteiger partial charge is 0.351 e. The Hall–Kier alpha value is -1.18. The predicted molar refractivity (Wildman–Crippen MR) is 91.7 cm³/mol. The summed E-state index contributed by atoms with van der Waals surface area (Å²) in [6, 6.07) is 9.07. The molecule has 0 saturated carbocycles. The van der Waals surface area contributed by atoms with Crippen LogP contribution in [0.4, 0.5) is 5.69 Å². The summed E-state index contributed by atoms with van der Waals surface area (Å²) in [5.74, 6) is -0.299. The third-order valence-electron chi connectivity index (χ3n) is 2.59. The van der Waals surface area contributed by atoms with Gasteiger partial charge in [-0.05, 0) is 45.6 Å². The molecule has 0 fully saturated rings. The van der Waals surface area contributed by atoms with Gasteiger partial charge in [0.2, 0.25) is 5.91 Å². The highest BCUT2D eigenvalue weighted by molar-refractivity contribution is 9.11. The van der Waals surface area contributed by atoms with Crippen LogP contribution in [-0.4, -0.2) is 18.4 Å². The zero-order valence-corrected chi connectivity index (χ0v) is 14.8. The van der Waals surface area contributed by atoms with Gasteiger partial charge in [0.1, 0.15) is 0 Å². The maximum Gasteiger partial charge on any atom is 0.261 e. The zero-order chi connectivity index (χ0) is 15.2. The van der Waals surface area contributed by atoms with Gasteiger partial charge >= 0.3 is 0 Å². The van der Waals surface area contributed by atoms with Crippen molar-refractivity contribution in [3.63, 3.8) is 0 Å². The fraction of sp³-hybridized carbons (Fsp3) is 0.143. The van der Waals surface area contributed by atoms with E-state index in [0.717, 1.165) is 8.95 Å². The third-order valence-corrected chi connectivity index (χ3v) is 4.61. The number of nitrogens with one attached hydrogen (secondary N) is 2. The van der Waals surface area contributed by atoms with Gasteiger partial charge in [0, 0.05) is 21.9 Å². The highest BCUT2D eigenvalue weighted by Gasteiger charge is 2.08. The van der Waals surface area contributed by atoms with Crippen LogP contribution in [0.5, 0.6) is 0 Å². The highest BCUT2D eigenvalue weighted by Crippen LogP contribution is 2.26. The lowest BCUT2D eigenvalue weighted by Gasteiger charge is -2.08. The second-order valence-corrected chi connectivity index (χ2v) is 6.87. The van der Waals surface area contributed by atoms with E-state index in [1.807, 2.05) is 23.6 Å². The summed E-state index contributed by atoms with van der Waals surface area (Å²) >= 11 is 8.10. The summed E-state index contributed by atoms with van der Waals surface area (Å²) in [6.45, 7) is 0.302. The second kappa shape index (κ2) is 7.72. The Morgan fingerprint density at radius 3 is 2.67 bits per heavy atom. The molecule has 0 aliphatic rings. The number of amides is 2. The molecule has 0 bridgehead atoms. The molecule has 110 valence electrons. The van der Waals surface area contributed by atoms with Gasteiger partial charge in [0.05, 0.1) is 10.6 Å². The van der Waals surface area contributed by atoms with Gasteiger partial charge in [-0.3, -0.25) is 9.59 Å². The van der Waals surface area contributed by atoms with Gasteiger partial charge in [-0.15, -0.1) is 11.3 Å². The molecule has 7 heteroatoms. The van der Waals surface area contributed by atoms with Crippen molar-refractivity contribution in [3.8, 4) is 0 Å². The predicted octanol–water partition coefficient (Wildman–Crippen LogP) is 4.03. The average molecular weight is 432 g/mol. The summed E-state index contributed by atoms with van der Waals surface area (Å²) in [5, 5.41) is 7.35. The Balaban J connectivity index is 1.78. The molecule has 0 atom stereocenters. The number of benzene rings is 1. The van der Waals surface area contributed by atoms with Crippen LogP contribution in [-0.2, 0) is 4.79 Å². The first-order chi connectivity index (χ1) is 10.1. The Bertz CT molecular complexity index is 644. The number of halogens is 2. The summed E-state index contributed by atoms with van der Waals surface area (Å²) in [7, 11) is 0. The smallest absolute Gasteiger partial charge is 0.261 e. The number of anilines is 1. The molecule has 0 radical (unpaired) electrons. The standard InChI is InChI=1S/C14H12Br2N2O2S/c15-9-3-4-11(10(16)8-9)18-13(19)5-6-17-14(20)12-2-1-7-21-12/h1-4,7-8H,5-6H2,(H,17,20)(H,18,19). The van der Waals surface area contributed by atoms with Crippen LogP contribution in [0.1, 0.15) is 16.1 Å². The average Bonchev–Trinajstić information content (AvgIpc) is 2.96. The molecule has 0 spiro atoms. The van der Waals surface area contributed by atoms with Crippen LogP contribution >= 0.6 is 43.2 Å². The summed E-state index contributed by atoms with van der Waals surface area (Å²) < 4.78 is 1.73. The van der Waals surface area contributed by atoms with Crippen LogP contribution in [0.2, 0.25) is 0 Å². The molecular formula is C14H12Br2N2O2S. The monoisotopic (exact) mass is 430 g/mol. The molecule has 2 amide bonds. The van der Waals surface area contributed by atoms with Crippen molar-refractivity contribution in [1.29, 1.82) is 0 Å². The molecule has 4 nitrogen and oxygen atoms in total. The molecule has 2 N–H and O–H groups in total. The molecule has 0 aliphatic carbocycles. The van der Waals surface area contributed by atoms with Gasteiger partial charge in [-0.1, -0.05) is 22.0 Å². The summed E-state index contributed by atoms with van der Waals surface area (Å²) in [4.78, 5) is 24.2. The van der Waals surface area contributed by atoms with E-state index < -0.39 is 0 Å². The van der Waals surface area contributed by atoms with E-state index in [0.29, 0.717) is 17.1 Å². The minimum Gasteiger partial charge on any atom is -0.351 e. The van der Waals surface area contributed by atoms with Crippen LogP contribution in [0.25, 0.3) is 0 Å². The molecule has 1 aromatic heterocycles. The summed E-state index contributed by atoms with van der Waals surface area (Å²) in [5.41, 5.74) is 0.702. The number of thiophene rings is 1. The normalized spacial score (nSPS) is 10.2. The fourth-order valence-corrected chi connectivity index (χ4v) is 3.37. The zero-order valence-electron chi connectivity index (χ0n) is 10.9. The number of hydrogen-bond donors (Lipinski definition) is 2. The summed E-state index contributed by atoms with van der Waals surface area (Å²) in [6.07, 6.45) is 0.222. The Kier molecular flexibility index (Phi) is 5.96. The van der Waals surface area contributed by atoms with Crippen molar-refractivity contribution in [3.05, 3.63) is 49.5 Å². The molecular weight excluding hydrogens is 420 g/mol. The number of rotatable bonds is 5. The fourth-order valence-electron chi connectivity index (χ4n) is 1.59. The first-order valence-corrected chi connectivity index (χ1v) is 8.59. The molecule has 0 unspecified atom stereocenters. The maximum atomic E-state index is 11.8. The Morgan fingerprint density at radius 2 is 2.00 bits per heavy atom. The third kappa shape index (κ3) is 4.94. The molecule has 2 rings (SSSR count). The topological polar surface area (TPSA) is 58.2 Å². The minimum atomic E-state index is -0.150. The minimum absolute atomic E-state index is 0.149. The van der Waals surface area contributed by atoms with E-state index in [9.17, 15) is 9.59 Å². The number of carbonyl (C=O) groups is 2. The quantitative estimate of drug-likeness (QED) is 0.750. The van der Waals surface area contributed by atoms with Gasteiger partial charge in [-0.2, -0.15) is 0 Å². The second-order valence-electron chi connectivity index (χ2n) is 4.16. The van der Waals surface area contributed by atoms with Crippen LogP contribution in [0.3, 0.4) is 0 Å². The Morgan fingerprint density at radius 1 is 1.19 bits per heavy atom. The first kappa shape index (κ1) is 16.2. The van der Waals surface area contributed by atoms with Gasteiger partial charge < -0.3 is 10.6 Å². The van der Waals surface area contributed by atoms with Crippen molar-refractivity contribution in [2.24, 2.45) is 0 Å². The molecule has 2 aromatic rings. The molecule has 21 heavy (non-hydrogen) atoms. The first-order valence-electron chi connectivity index (χ1n) is 6.13. The molecule has 0 saturated heterocycles. The lowest BCUT2D eigenvalue weighted by molar-refractivity contribution is -0.116. The maximum absolute atomic E-state index is 11.8. The van der Waals surface area contributed by atoms with Crippen LogP contribution in [0.15, 0.2) is 44.7 Å². The van der Waals surface area contributed by atoms with Gasteiger partial charge in [-0.25, -0.2) is 0 Å². The molecule has 1 aromatic carbocycles. The van der Waals surface area contributed by atoms with Gasteiger partial charge in [0.25, 0.3) is 5.91 Å². The van der Waals surface area contributed by atoms with E-state index in [4.69, 9.17) is 0 Å². The molecule has 0 aliphatic heterocycles. The van der Waals surface area contributed by atoms with Crippen molar-refractivity contribution in [2.45, 2.75) is 6.42 Å². The van der Waals surface area contributed by atoms with E-state index >= 15 is 0 Å². The van der Waals surface area contributed by atoms with Gasteiger partial charge in [0.15, 0.2) is 0 Å². The van der Waals surface area contributed by atoms with Crippen molar-refractivity contribution in [1.82, 2.24) is 5.32 Å². The number of hydrogen-bond acceptors (Lipinski definition) is 3.